The molecule has 100 valence electrons. The van der Waals surface area contributed by atoms with Gasteiger partial charge in [-0.1, -0.05) is 6.42 Å². The van der Waals surface area contributed by atoms with Crippen molar-refractivity contribution < 1.29 is 0 Å². The van der Waals surface area contributed by atoms with E-state index in [1.54, 1.807) is 0 Å². The number of pyridine rings is 1. The van der Waals surface area contributed by atoms with Crippen molar-refractivity contribution in [2.75, 3.05) is 5.73 Å². The lowest BCUT2D eigenvalue weighted by molar-refractivity contribution is 0.590. The Morgan fingerprint density at radius 1 is 1.26 bits per heavy atom. The van der Waals surface area contributed by atoms with Gasteiger partial charge in [0, 0.05) is 19.2 Å². The first-order chi connectivity index (χ1) is 9.24. The monoisotopic (exact) mass is 275 g/mol. The summed E-state index contributed by atoms with van der Waals surface area (Å²) in [5.74, 6) is 1.09. The van der Waals surface area contributed by atoms with Crippen LogP contribution in [0.3, 0.4) is 0 Å². The molecule has 0 unspecified atom stereocenters. The number of anilines is 1. The van der Waals surface area contributed by atoms with E-state index in [0.717, 1.165) is 34.5 Å². The van der Waals surface area contributed by atoms with E-state index in [0.29, 0.717) is 5.69 Å². The zero-order valence-corrected chi connectivity index (χ0v) is 11.8. The molecule has 0 amide bonds. The van der Waals surface area contributed by atoms with Crippen molar-refractivity contribution in [2.45, 2.75) is 49.3 Å². The number of rotatable bonds is 2. The Kier molecular flexibility index (Phi) is 3.42. The molecule has 19 heavy (non-hydrogen) atoms. The first-order valence-electron chi connectivity index (χ1n) is 6.56. The van der Waals surface area contributed by atoms with Gasteiger partial charge in [0.05, 0.1) is 5.69 Å². The van der Waals surface area contributed by atoms with Crippen LogP contribution in [0, 0.1) is 6.92 Å². The molecule has 0 saturated carbocycles. The normalized spacial score (nSPS) is 15.0. The highest BCUT2D eigenvalue weighted by Gasteiger charge is 2.16. The van der Waals surface area contributed by atoms with E-state index in [-0.39, 0.29) is 0 Å². The quantitative estimate of drug-likeness (QED) is 0.911. The summed E-state index contributed by atoms with van der Waals surface area (Å²) in [7, 11) is 0. The summed E-state index contributed by atoms with van der Waals surface area (Å²) in [6, 6.07) is 1.94. The average molecular weight is 275 g/mol. The van der Waals surface area contributed by atoms with Crippen LogP contribution in [-0.2, 0) is 13.0 Å². The van der Waals surface area contributed by atoms with Gasteiger partial charge < -0.3 is 10.3 Å². The molecule has 0 saturated heterocycles. The van der Waals surface area contributed by atoms with E-state index < -0.39 is 0 Å². The molecule has 0 fully saturated rings. The lowest BCUT2D eigenvalue weighted by atomic mass is 10.2. The van der Waals surface area contributed by atoms with Gasteiger partial charge in [0.2, 0.25) is 0 Å². The molecule has 2 aromatic heterocycles. The molecule has 1 aliphatic heterocycles. The van der Waals surface area contributed by atoms with Gasteiger partial charge in [-0.25, -0.2) is 4.98 Å². The molecular weight excluding hydrogens is 258 g/mol. The SMILES string of the molecule is Cc1cnc(Sc2nnc3n2CCCCC3)c(N)c1. The lowest BCUT2D eigenvalue weighted by Gasteiger charge is -2.07. The predicted molar refractivity (Wildman–Crippen MR) is 75.1 cm³/mol. The van der Waals surface area contributed by atoms with Crippen LogP contribution >= 0.6 is 11.8 Å². The summed E-state index contributed by atoms with van der Waals surface area (Å²) in [6.07, 6.45) is 6.50. The molecule has 1 aliphatic rings. The van der Waals surface area contributed by atoms with Crippen LogP contribution < -0.4 is 5.73 Å². The van der Waals surface area contributed by atoms with E-state index in [1.165, 1.54) is 31.0 Å². The van der Waals surface area contributed by atoms with Crippen molar-refractivity contribution in [1.82, 2.24) is 19.7 Å². The largest absolute Gasteiger partial charge is 0.397 e. The highest BCUT2D eigenvalue weighted by molar-refractivity contribution is 7.99. The van der Waals surface area contributed by atoms with Gasteiger partial charge in [0.1, 0.15) is 10.9 Å². The second-order valence-electron chi connectivity index (χ2n) is 4.87. The summed E-state index contributed by atoms with van der Waals surface area (Å²) in [5, 5.41) is 10.3. The van der Waals surface area contributed by atoms with E-state index in [2.05, 4.69) is 19.7 Å². The molecule has 0 radical (unpaired) electrons. The van der Waals surface area contributed by atoms with Crippen molar-refractivity contribution in [2.24, 2.45) is 0 Å². The van der Waals surface area contributed by atoms with Crippen molar-refractivity contribution in [3.63, 3.8) is 0 Å². The molecule has 0 spiro atoms. The van der Waals surface area contributed by atoms with E-state index in [1.807, 2.05) is 19.2 Å². The Morgan fingerprint density at radius 2 is 2.16 bits per heavy atom. The Morgan fingerprint density at radius 3 is 3.00 bits per heavy atom. The van der Waals surface area contributed by atoms with Crippen LogP contribution in [0.1, 0.15) is 30.7 Å². The third-order valence-electron chi connectivity index (χ3n) is 3.28. The number of aryl methyl sites for hydroxylation is 2. The molecule has 0 aliphatic carbocycles. The fourth-order valence-corrected chi connectivity index (χ4v) is 3.13. The second kappa shape index (κ2) is 5.21. The first kappa shape index (κ1) is 12.5. The van der Waals surface area contributed by atoms with Crippen LogP contribution in [0.5, 0.6) is 0 Å². The average Bonchev–Trinajstić information content (AvgIpc) is 2.61. The molecule has 3 heterocycles. The van der Waals surface area contributed by atoms with Crippen molar-refractivity contribution >= 4 is 17.4 Å². The standard InChI is InChI=1S/C13H17N5S/c1-9-7-10(14)12(15-8-9)19-13-17-16-11-5-3-2-4-6-18(11)13/h7-8H,2-6,14H2,1H3. The third-order valence-corrected chi connectivity index (χ3v) is 4.30. The van der Waals surface area contributed by atoms with Crippen LogP contribution in [0.4, 0.5) is 5.69 Å². The smallest absolute Gasteiger partial charge is 0.197 e. The number of nitrogens with two attached hydrogens (primary N) is 1. The summed E-state index contributed by atoms with van der Waals surface area (Å²) < 4.78 is 2.21. The molecule has 0 atom stereocenters. The summed E-state index contributed by atoms with van der Waals surface area (Å²) in [4.78, 5) is 4.38. The maximum Gasteiger partial charge on any atom is 0.197 e. The van der Waals surface area contributed by atoms with Crippen LogP contribution in [0.2, 0.25) is 0 Å². The highest BCUT2D eigenvalue weighted by Crippen LogP contribution is 2.30. The topological polar surface area (TPSA) is 69.6 Å². The third kappa shape index (κ3) is 2.58. The van der Waals surface area contributed by atoms with Crippen molar-refractivity contribution in [1.29, 1.82) is 0 Å². The number of fused-ring (bicyclic) bond motifs is 1. The van der Waals surface area contributed by atoms with Gasteiger partial charge in [-0.3, -0.25) is 0 Å². The summed E-state index contributed by atoms with van der Waals surface area (Å²) in [5.41, 5.74) is 7.78. The highest BCUT2D eigenvalue weighted by atomic mass is 32.2. The molecule has 3 rings (SSSR count). The van der Waals surface area contributed by atoms with Crippen LogP contribution in [0.15, 0.2) is 22.4 Å². The maximum atomic E-state index is 6.00. The van der Waals surface area contributed by atoms with Gasteiger partial charge in [0.15, 0.2) is 5.16 Å². The minimum Gasteiger partial charge on any atom is -0.397 e. The van der Waals surface area contributed by atoms with Gasteiger partial charge in [-0.05, 0) is 43.2 Å². The van der Waals surface area contributed by atoms with Gasteiger partial charge in [-0.15, -0.1) is 10.2 Å². The minimum absolute atomic E-state index is 0.705. The summed E-state index contributed by atoms with van der Waals surface area (Å²) >= 11 is 1.51. The first-order valence-corrected chi connectivity index (χ1v) is 7.38. The molecular formula is C13H17N5S. The van der Waals surface area contributed by atoms with Gasteiger partial charge >= 0.3 is 0 Å². The maximum absolute atomic E-state index is 6.00. The van der Waals surface area contributed by atoms with Crippen LogP contribution in [0.25, 0.3) is 0 Å². The minimum atomic E-state index is 0.705. The second-order valence-corrected chi connectivity index (χ2v) is 5.83. The van der Waals surface area contributed by atoms with Gasteiger partial charge in [-0.2, -0.15) is 0 Å². The molecule has 5 nitrogen and oxygen atoms in total. The number of nitrogens with zero attached hydrogens (tertiary/aromatic N) is 4. The lowest BCUT2D eigenvalue weighted by Crippen LogP contribution is -2.03. The molecule has 2 aromatic rings. The Balaban J connectivity index is 1.89. The number of hydrogen-bond donors (Lipinski definition) is 1. The van der Waals surface area contributed by atoms with Crippen LogP contribution in [-0.4, -0.2) is 19.7 Å². The Bertz CT molecular complexity index is 593. The molecule has 0 aromatic carbocycles. The molecule has 2 N–H and O–H groups in total. The van der Waals surface area contributed by atoms with E-state index in [4.69, 9.17) is 5.73 Å². The Hall–Kier alpha value is -1.56. The molecule has 6 heteroatoms. The van der Waals surface area contributed by atoms with E-state index >= 15 is 0 Å². The fourth-order valence-electron chi connectivity index (χ4n) is 2.28. The van der Waals surface area contributed by atoms with E-state index in [9.17, 15) is 0 Å². The fraction of sp³-hybridized carbons (Fsp3) is 0.462. The zero-order chi connectivity index (χ0) is 13.2. The zero-order valence-electron chi connectivity index (χ0n) is 11.0. The number of nitrogen functional groups attached to an aromatic ring is 1. The number of hydrogen-bond acceptors (Lipinski definition) is 5. The van der Waals surface area contributed by atoms with Crippen molar-refractivity contribution in [3.8, 4) is 0 Å². The Labute approximate surface area is 116 Å². The number of aromatic nitrogens is 4. The van der Waals surface area contributed by atoms with Crippen molar-refractivity contribution in [3.05, 3.63) is 23.7 Å². The predicted octanol–water partition coefficient (Wildman–Crippen LogP) is 2.44. The summed E-state index contributed by atoms with van der Waals surface area (Å²) in [6.45, 7) is 2.98. The molecule has 0 bridgehead atoms. The van der Waals surface area contributed by atoms with Gasteiger partial charge in [0.25, 0.3) is 0 Å².